The van der Waals surface area contributed by atoms with E-state index in [0.717, 1.165) is 0 Å². The molecule has 0 N–H and O–H groups in total. The first-order valence-electron chi connectivity index (χ1n) is 1.50. The Morgan fingerprint density at radius 1 is 0.429 bits per heavy atom. The fourth-order valence-corrected chi connectivity index (χ4v) is 0. The third kappa shape index (κ3) is 10700. The van der Waals surface area contributed by atoms with Crippen molar-refractivity contribution < 1.29 is 21.1 Å². The van der Waals surface area contributed by atoms with Crippen LogP contribution >= 0.6 is 0 Å². The number of hydrogen-bond acceptors (Lipinski definition) is 0. The maximum Gasteiger partial charge on any atom is 2.00 e. The van der Waals surface area contributed by atoms with Crippen molar-refractivity contribution in [2.75, 3.05) is 0 Å². The van der Waals surface area contributed by atoms with Crippen LogP contribution < -0.4 is 0 Å². The molecule has 0 saturated heterocycles. The SMILES string of the molecule is C=C.C=C.C=C.[Pt+2]. The van der Waals surface area contributed by atoms with E-state index in [1.165, 1.54) is 0 Å². The average molecular weight is 279 g/mol. The van der Waals surface area contributed by atoms with Crippen molar-refractivity contribution in [2.45, 2.75) is 0 Å². The minimum atomic E-state index is 0. The van der Waals surface area contributed by atoms with Gasteiger partial charge in [0.2, 0.25) is 0 Å². The monoisotopic (exact) mass is 279 g/mol. The standard InChI is InChI=1S/3C2H4.Pt/c3*1-2;/h3*1-2H2;/q;;;+2. The van der Waals surface area contributed by atoms with Gasteiger partial charge in [-0.3, -0.25) is 0 Å². The summed E-state index contributed by atoms with van der Waals surface area (Å²) < 4.78 is 0. The Hall–Kier alpha value is -0.0917. The molecule has 0 aliphatic heterocycles. The van der Waals surface area contributed by atoms with Gasteiger partial charge in [-0.1, -0.05) is 0 Å². The van der Waals surface area contributed by atoms with Gasteiger partial charge in [-0.2, -0.15) is 0 Å². The van der Waals surface area contributed by atoms with Gasteiger partial charge in [0.05, 0.1) is 0 Å². The normalized spacial score (nSPS) is 1.71. The van der Waals surface area contributed by atoms with E-state index in [2.05, 4.69) is 39.5 Å². The molecule has 0 aliphatic carbocycles. The maximum absolute atomic E-state index is 3.00. The van der Waals surface area contributed by atoms with E-state index in [9.17, 15) is 0 Å². The largest absolute Gasteiger partial charge is 2.00 e. The molecule has 0 nitrogen and oxygen atoms in total. The van der Waals surface area contributed by atoms with E-state index >= 15 is 0 Å². The zero-order valence-corrected chi connectivity index (χ0v) is 6.83. The third-order valence-corrected chi connectivity index (χ3v) is 0. The zero-order chi connectivity index (χ0) is 6.00. The van der Waals surface area contributed by atoms with Crippen LogP contribution in [0.5, 0.6) is 0 Å². The molecule has 0 aromatic carbocycles. The second-order valence-corrected chi connectivity index (χ2v) is 0. The summed E-state index contributed by atoms with van der Waals surface area (Å²) in [4.78, 5) is 0. The number of hydrogen-bond donors (Lipinski definition) is 0. The molecule has 0 radical (unpaired) electrons. The summed E-state index contributed by atoms with van der Waals surface area (Å²) in [5.74, 6) is 0. The van der Waals surface area contributed by atoms with E-state index in [0.29, 0.717) is 0 Å². The Morgan fingerprint density at radius 2 is 0.429 bits per heavy atom. The van der Waals surface area contributed by atoms with E-state index in [4.69, 9.17) is 0 Å². The molecule has 0 fully saturated rings. The molecule has 1 heteroatoms. The van der Waals surface area contributed by atoms with Crippen molar-refractivity contribution in [3.8, 4) is 0 Å². The third-order valence-electron chi connectivity index (χ3n) is 0. The van der Waals surface area contributed by atoms with Crippen molar-refractivity contribution in [3.05, 3.63) is 39.5 Å². The minimum absolute atomic E-state index is 0. The molecule has 7 heavy (non-hydrogen) atoms. The average Bonchev–Trinajstić information content (AvgIpc) is 1.81. The molecule has 0 bridgehead atoms. The van der Waals surface area contributed by atoms with Crippen LogP contribution in [0.2, 0.25) is 0 Å². The van der Waals surface area contributed by atoms with Crippen LogP contribution in [0, 0.1) is 0 Å². The van der Waals surface area contributed by atoms with Gasteiger partial charge < -0.3 is 0 Å². The molecular formula is C6H12Pt+2. The molecule has 0 atom stereocenters. The second kappa shape index (κ2) is 16900. The summed E-state index contributed by atoms with van der Waals surface area (Å²) in [5, 5.41) is 0. The predicted molar refractivity (Wildman–Crippen MR) is 33.8 cm³/mol. The molecule has 0 heterocycles. The van der Waals surface area contributed by atoms with E-state index in [-0.39, 0.29) is 21.1 Å². The van der Waals surface area contributed by atoms with Crippen molar-refractivity contribution in [1.29, 1.82) is 0 Å². The van der Waals surface area contributed by atoms with Crippen LogP contribution in [0.25, 0.3) is 0 Å². The van der Waals surface area contributed by atoms with Gasteiger partial charge >= 0.3 is 21.1 Å². The summed E-state index contributed by atoms with van der Waals surface area (Å²) in [6.45, 7) is 18.0. The smallest absolute Gasteiger partial charge is 0.106 e. The summed E-state index contributed by atoms with van der Waals surface area (Å²) in [5.41, 5.74) is 0. The van der Waals surface area contributed by atoms with Gasteiger partial charge in [0.1, 0.15) is 0 Å². The van der Waals surface area contributed by atoms with Crippen LogP contribution in [0.15, 0.2) is 39.5 Å². The van der Waals surface area contributed by atoms with Crippen LogP contribution in [0.1, 0.15) is 0 Å². The quantitative estimate of drug-likeness (QED) is 0.597. The van der Waals surface area contributed by atoms with Crippen molar-refractivity contribution in [3.63, 3.8) is 0 Å². The zero-order valence-electron chi connectivity index (χ0n) is 4.56. The topological polar surface area (TPSA) is 0 Å². The first kappa shape index (κ1) is 28.5. The second-order valence-electron chi connectivity index (χ2n) is 0. The molecule has 0 aromatic rings. The molecule has 0 aromatic heterocycles. The van der Waals surface area contributed by atoms with E-state index in [1.807, 2.05) is 0 Å². The van der Waals surface area contributed by atoms with Crippen LogP contribution in [-0.4, -0.2) is 0 Å². The maximum atomic E-state index is 3.00. The fourth-order valence-electron chi connectivity index (χ4n) is 0. The Kier molecular flexibility index (Phi) is 69000. The van der Waals surface area contributed by atoms with Gasteiger partial charge in [-0.25, -0.2) is 0 Å². The molecule has 0 aliphatic rings. The summed E-state index contributed by atoms with van der Waals surface area (Å²) >= 11 is 0. The molecule has 0 spiro atoms. The van der Waals surface area contributed by atoms with Crippen molar-refractivity contribution in [2.24, 2.45) is 0 Å². The molecule has 44 valence electrons. The van der Waals surface area contributed by atoms with Gasteiger partial charge in [0.25, 0.3) is 0 Å². The first-order valence-corrected chi connectivity index (χ1v) is 1.50. The Morgan fingerprint density at radius 3 is 0.429 bits per heavy atom. The molecular weight excluding hydrogens is 267 g/mol. The Bertz CT molecular complexity index is 8.90. The Labute approximate surface area is 60.9 Å². The molecule has 0 saturated carbocycles. The molecule has 0 rings (SSSR count). The van der Waals surface area contributed by atoms with Crippen LogP contribution in [-0.2, 0) is 21.1 Å². The number of rotatable bonds is 0. The predicted octanol–water partition coefficient (Wildman–Crippen LogP) is 2.40. The van der Waals surface area contributed by atoms with Crippen molar-refractivity contribution in [1.82, 2.24) is 0 Å². The molecule has 0 unspecified atom stereocenters. The van der Waals surface area contributed by atoms with Gasteiger partial charge in [-0.05, 0) is 0 Å². The van der Waals surface area contributed by atoms with Gasteiger partial charge in [0, 0.05) is 0 Å². The van der Waals surface area contributed by atoms with Gasteiger partial charge in [-0.15, -0.1) is 39.5 Å². The first-order chi connectivity index (χ1) is 3.00. The molecule has 0 amide bonds. The van der Waals surface area contributed by atoms with Crippen molar-refractivity contribution >= 4 is 0 Å². The fraction of sp³-hybridized carbons (Fsp3) is 0. The summed E-state index contributed by atoms with van der Waals surface area (Å²) in [7, 11) is 0. The minimum Gasteiger partial charge on any atom is -0.106 e. The van der Waals surface area contributed by atoms with E-state index in [1.54, 1.807) is 0 Å². The van der Waals surface area contributed by atoms with Gasteiger partial charge in [0.15, 0.2) is 0 Å². The summed E-state index contributed by atoms with van der Waals surface area (Å²) in [6, 6.07) is 0. The van der Waals surface area contributed by atoms with E-state index < -0.39 is 0 Å². The van der Waals surface area contributed by atoms with Crippen LogP contribution in [0.3, 0.4) is 0 Å². The van der Waals surface area contributed by atoms with Crippen LogP contribution in [0.4, 0.5) is 0 Å². The Balaban J connectivity index is -0.00000000900. The summed E-state index contributed by atoms with van der Waals surface area (Å²) in [6.07, 6.45) is 0.